The van der Waals surface area contributed by atoms with Crippen molar-refractivity contribution >= 4 is 22.7 Å². The lowest BCUT2D eigenvalue weighted by Crippen LogP contribution is -2.51. The Hall–Kier alpha value is -3.12. The molecular formula is C25H28N4O2. The maximum Gasteiger partial charge on any atom is 0.256 e. The van der Waals surface area contributed by atoms with Crippen molar-refractivity contribution in [1.82, 2.24) is 19.7 Å². The lowest BCUT2D eigenvalue weighted by Gasteiger charge is -2.34. The molecule has 0 spiro atoms. The predicted molar refractivity (Wildman–Crippen MR) is 121 cm³/mol. The average molecular weight is 417 g/mol. The van der Waals surface area contributed by atoms with E-state index in [0.29, 0.717) is 25.7 Å². The van der Waals surface area contributed by atoms with Gasteiger partial charge in [-0.05, 0) is 24.5 Å². The fraction of sp³-hybridized carbons (Fsp3) is 0.360. The van der Waals surface area contributed by atoms with E-state index >= 15 is 0 Å². The fourth-order valence-electron chi connectivity index (χ4n) is 4.31. The first-order valence-electron chi connectivity index (χ1n) is 11.1. The molecule has 2 aromatic carbocycles. The number of amides is 2. The van der Waals surface area contributed by atoms with Crippen molar-refractivity contribution in [3.63, 3.8) is 0 Å². The van der Waals surface area contributed by atoms with E-state index in [4.69, 9.17) is 0 Å². The molecule has 3 aromatic rings. The van der Waals surface area contributed by atoms with Gasteiger partial charge in [-0.25, -0.2) is 0 Å². The number of nitrogens with zero attached hydrogens (tertiary/aromatic N) is 3. The molecule has 0 radical (unpaired) electrons. The topological polar surface area (TPSA) is 57.6 Å². The van der Waals surface area contributed by atoms with Crippen molar-refractivity contribution < 1.29 is 9.59 Å². The van der Waals surface area contributed by atoms with Crippen LogP contribution in [-0.2, 0) is 11.3 Å². The zero-order valence-corrected chi connectivity index (χ0v) is 17.7. The molecule has 1 aliphatic heterocycles. The second-order valence-electron chi connectivity index (χ2n) is 8.58. The SMILES string of the molecule is O=C(CN1CCN(C(=O)c2cn(Cc3ccccc3)c3ccccc23)CC1)NC1CC1. The van der Waals surface area contributed by atoms with E-state index in [1.807, 2.05) is 47.5 Å². The van der Waals surface area contributed by atoms with Gasteiger partial charge in [-0.2, -0.15) is 0 Å². The van der Waals surface area contributed by atoms with E-state index in [2.05, 4.69) is 33.0 Å². The second-order valence-corrected chi connectivity index (χ2v) is 8.58. The maximum atomic E-state index is 13.4. The predicted octanol–water partition coefficient (Wildman–Crippen LogP) is 2.73. The molecule has 1 aromatic heterocycles. The van der Waals surface area contributed by atoms with Gasteiger partial charge < -0.3 is 14.8 Å². The molecule has 1 aliphatic carbocycles. The zero-order valence-electron chi connectivity index (χ0n) is 17.7. The summed E-state index contributed by atoms with van der Waals surface area (Å²) in [6, 6.07) is 18.8. The number of para-hydroxylation sites is 1. The van der Waals surface area contributed by atoms with E-state index in [-0.39, 0.29) is 11.8 Å². The summed E-state index contributed by atoms with van der Waals surface area (Å²) in [7, 11) is 0. The number of hydrogen-bond donors (Lipinski definition) is 1. The Morgan fingerprint density at radius 2 is 1.61 bits per heavy atom. The molecule has 2 aliphatic rings. The van der Waals surface area contributed by atoms with Crippen LogP contribution >= 0.6 is 0 Å². The molecule has 31 heavy (non-hydrogen) atoms. The quantitative estimate of drug-likeness (QED) is 0.672. The van der Waals surface area contributed by atoms with Crippen LogP contribution in [-0.4, -0.2) is 64.9 Å². The van der Waals surface area contributed by atoms with Crippen molar-refractivity contribution in [2.75, 3.05) is 32.7 Å². The van der Waals surface area contributed by atoms with Gasteiger partial charge in [0.25, 0.3) is 5.91 Å². The van der Waals surface area contributed by atoms with Crippen LogP contribution in [0.5, 0.6) is 0 Å². The first-order chi connectivity index (χ1) is 15.2. The Morgan fingerprint density at radius 3 is 2.35 bits per heavy atom. The molecule has 2 fully saturated rings. The summed E-state index contributed by atoms with van der Waals surface area (Å²) in [5.74, 6) is 0.177. The minimum absolute atomic E-state index is 0.0742. The summed E-state index contributed by atoms with van der Waals surface area (Å²) < 4.78 is 2.16. The van der Waals surface area contributed by atoms with Crippen molar-refractivity contribution in [3.8, 4) is 0 Å². The largest absolute Gasteiger partial charge is 0.352 e. The van der Waals surface area contributed by atoms with Gasteiger partial charge in [0, 0.05) is 55.9 Å². The van der Waals surface area contributed by atoms with E-state index in [0.717, 1.165) is 48.9 Å². The Labute approximate surface area is 182 Å². The molecule has 160 valence electrons. The molecule has 5 rings (SSSR count). The molecule has 1 saturated heterocycles. The first-order valence-corrected chi connectivity index (χ1v) is 11.1. The van der Waals surface area contributed by atoms with Crippen molar-refractivity contribution in [2.24, 2.45) is 0 Å². The van der Waals surface area contributed by atoms with Crippen LogP contribution in [0.1, 0.15) is 28.8 Å². The minimum atomic E-state index is 0.0742. The third-order valence-corrected chi connectivity index (χ3v) is 6.18. The van der Waals surface area contributed by atoms with Crippen LogP contribution in [0.25, 0.3) is 10.9 Å². The fourth-order valence-corrected chi connectivity index (χ4v) is 4.31. The van der Waals surface area contributed by atoms with Gasteiger partial charge in [0.05, 0.1) is 12.1 Å². The lowest BCUT2D eigenvalue weighted by molar-refractivity contribution is -0.122. The molecule has 2 amide bonds. The van der Waals surface area contributed by atoms with Crippen LogP contribution in [0.3, 0.4) is 0 Å². The molecule has 0 bridgehead atoms. The van der Waals surface area contributed by atoms with Gasteiger partial charge in [0.2, 0.25) is 5.91 Å². The number of piperazine rings is 1. The number of rotatable bonds is 6. The van der Waals surface area contributed by atoms with Crippen LogP contribution in [0.2, 0.25) is 0 Å². The van der Waals surface area contributed by atoms with Crippen LogP contribution in [0.4, 0.5) is 0 Å². The second kappa shape index (κ2) is 8.55. The van der Waals surface area contributed by atoms with Crippen molar-refractivity contribution in [1.29, 1.82) is 0 Å². The lowest BCUT2D eigenvalue weighted by atomic mass is 10.1. The van der Waals surface area contributed by atoms with Crippen LogP contribution in [0, 0.1) is 0 Å². The van der Waals surface area contributed by atoms with Crippen molar-refractivity contribution in [2.45, 2.75) is 25.4 Å². The van der Waals surface area contributed by atoms with E-state index in [1.54, 1.807) is 0 Å². The number of carbonyl (C=O) groups is 2. The van der Waals surface area contributed by atoms with E-state index in [1.165, 1.54) is 5.56 Å². The van der Waals surface area contributed by atoms with E-state index < -0.39 is 0 Å². The number of aromatic nitrogens is 1. The average Bonchev–Trinajstić information content (AvgIpc) is 3.54. The highest BCUT2D eigenvalue weighted by molar-refractivity contribution is 6.07. The van der Waals surface area contributed by atoms with E-state index in [9.17, 15) is 9.59 Å². The third-order valence-electron chi connectivity index (χ3n) is 6.18. The molecule has 0 atom stereocenters. The van der Waals surface area contributed by atoms with Gasteiger partial charge in [-0.15, -0.1) is 0 Å². The number of hydrogen-bond acceptors (Lipinski definition) is 3. The summed E-state index contributed by atoms with van der Waals surface area (Å²) >= 11 is 0. The Bertz CT molecular complexity index is 1080. The standard InChI is InChI=1S/C25H28N4O2/c30-24(26-20-10-11-20)18-27-12-14-28(15-13-27)25(31)22-17-29(16-19-6-2-1-3-7-19)23-9-5-4-8-21(22)23/h1-9,17,20H,10-16,18H2,(H,26,30). The Morgan fingerprint density at radius 1 is 0.903 bits per heavy atom. The van der Waals surface area contributed by atoms with Crippen LogP contribution in [0.15, 0.2) is 60.8 Å². The zero-order chi connectivity index (χ0) is 21.2. The van der Waals surface area contributed by atoms with Gasteiger partial charge in [0.1, 0.15) is 0 Å². The minimum Gasteiger partial charge on any atom is -0.352 e. The molecule has 2 heterocycles. The third kappa shape index (κ3) is 4.49. The Balaban J connectivity index is 1.28. The van der Waals surface area contributed by atoms with Crippen molar-refractivity contribution in [3.05, 3.63) is 71.9 Å². The highest BCUT2D eigenvalue weighted by Gasteiger charge is 2.27. The smallest absolute Gasteiger partial charge is 0.256 e. The monoisotopic (exact) mass is 416 g/mol. The molecule has 6 heteroatoms. The molecular weight excluding hydrogens is 388 g/mol. The van der Waals surface area contributed by atoms with Gasteiger partial charge in [-0.1, -0.05) is 48.5 Å². The molecule has 6 nitrogen and oxygen atoms in total. The maximum absolute atomic E-state index is 13.4. The molecule has 0 unspecified atom stereocenters. The number of carbonyl (C=O) groups excluding carboxylic acids is 2. The van der Waals surface area contributed by atoms with Gasteiger partial charge >= 0.3 is 0 Å². The summed E-state index contributed by atoms with van der Waals surface area (Å²) in [6.07, 6.45) is 4.20. The first kappa shape index (κ1) is 19.8. The van der Waals surface area contributed by atoms with Gasteiger partial charge in [-0.3, -0.25) is 14.5 Å². The normalized spacial score (nSPS) is 17.1. The van der Waals surface area contributed by atoms with Crippen LogP contribution < -0.4 is 5.32 Å². The number of nitrogens with one attached hydrogen (secondary N) is 1. The molecule has 1 N–H and O–H groups in total. The molecule has 1 saturated carbocycles. The highest BCUT2D eigenvalue weighted by atomic mass is 16.2. The summed E-state index contributed by atoms with van der Waals surface area (Å²) in [4.78, 5) is 29.5. The summed E-state index contributed by atoms with van der Waals surface area (Å²) in [6.45, 7) is 3.91. The number of fused-ring (bicyclic) bond motifs is 1. The number of benzene rings is 2. The summed E-state index contributed by atoms with van der Waals surface area (Å²) in [5.41, 5.74) is 3.04. The summed E-state index contributed by atoms with van der Waals surface area (Å²) in [5, 5.41) is 4.03. The highest BCUT2D eigenvalue weighted by Crippen LogP contribution is 2.24. The van der Waals surface area contributed by atoms with Gasteiger partial charge in [0.15, 0.2) is 0 Å². The Kier molecular flexibility index (Phi) is 5.47.